The van der Waals surface area contributed by atoms with Crippen molar-refractivity contribution in [2.24, 2.45) is 0 Å². The highest BCUT2D eigenvalue weighted by molar-refractivity contribution is 5.92. The zero-order valence-corrected chi connectivity index (χ0v) is 13.1. The Morgan fingerprint density at radius 2 is 2.17 bits per heavy atom. The fourth-order valence-electron chi connectivity index (χ4n) is 2.56. The van der Waals surface area contributed by atoms with Gasteiger partial charge in [-0.3, -0.25) is 9.48 Å². The number of anilines is 1. The third-order valence-electron chi connectivity index (χ3n) is 3.94. The molecule has 130 valence electrons. The van der Waals surface area contributed by atoms with Crippen LogP contribution in [0.4, 0.5) is 19.0 Å². The van der Waals surface area contributed by atoms with Crippen LogP contribution in [0.1, 0.15) is 12.5 Å². The smallest absolute Gasteiger partial charge is 0.359 e. The molecule has 1 aliphatic heterocycles. The predicted molar refractivity (Wildman–Crippen MR) is 83.7 cm³/mol. The second kappa shape index (κ2) is 6.31. The van der Waals surface area contributed by atoms with Crippen LogP contribution in [0.25, 0.3) is 10.9 Å². The molecule has 0 unspecified atom stereocenters. The molecule has 0 bridgehead atoms. The Morgan fingerprint density at radius 1 is 1.42 bits per heavy atom. The number of carbonyl (C=O) groups excluding carboxylic acids is 1. The lowest BCUT2D eigenvalue weighted by molar-refractivity contribution is -0.137. The molecule has 1 aromatic heterocycles. The first-order valence-electron chi connectivity index (χ1n) is 7.70. The van der Waals surface area contributed by atoms with Gasteiger partial charge in [-0.05, 0) is 25.1 Å². The second-order valence-electron chi connectivity index (χ2n) is 5.67. The minimum atomic E-state index is -4.42. The van der Waals surface area contributed by atoms with E-state index in [9.17, 15) is 18.0 Å². The summed E-state index contributed by atoms with van der Waals surface area (Å²) in [6.07, 6.45) is -4.42. The normalized spacial score (nSPS) is 15.3. The van der Waals surface area contributed by atoms with Crippen LogP contribution >= 0.6 is 0 Å². The Kier molecular flexibility index (Phi) is 4.35. The Hall–Kier alpha value is -2.29. The molecule has 1 aliphatic rings. The number of aryl methyl sites for hydroxylation is 1. The highest BCUT2D eigenvalue weighted by Gasteiger charge is 2.31. The predicted octanol–water partition coefficient (Wildman–Crippen LogP) is 1.57. The van der Waals surface area contributed by atoms with Gasteiger partial charge in [-0.15, -0.1) is 0 Å². The fraction of sp³-hybridized carbons (Fsp3) is 0.467. The number of aromatic nitrogens is 2. The molecule has 0 atom stereocenters. The van der Waals surface area contributed by atoms with Crippen molar-refractivity contribution in [2.75, 3.05) is 25.0 Å². The first kappa shape index (κ1) is 16.6. The summed E-state index contributed by atoms with van der Waals surface area (Å²) in [5.41, 5.74) is -0.143. The van der Waals surface area contributed by atoms with Gasteiger partial charge in [-0.25, -0.2) is 0 Å². The van der Waals surface area contributed by atoms with Crippen molar-refractivity contribution in [3.05, 3.63) is 23.8 Å². The molecule has 2 aromatic rings. The minimum Gasteiger partial charge on any atom is -0.359 e. The SMILES string of the molecule is CCn1nc(NCC(=O)NC2CNC2)c2cc(C(F)(F)F)ccc21. The summed E-state index contributed by atoms with van der Waals surface area (Å²) in [4.78, 5) is 11.8. The molecule has 1 fully saturated rings. The molecule has 0 radical (unpaired) electrons. The van der Waals surface area contributed by atoms with Crippen LogP contribution in [-0.2, 0) is 17.5 Å². The lowest BCUT2D eigenvalue weighted by Gasteiger charge is -2.27. The Labute approximate surface area is 136 Å². The molecular formula is C15H18F3N5O. The van der Waals surface area contributed by atoms with Gasteiger partial charge in [0.05, 0.1) is 23.7 Å². The van der Waals surface area contributed by atoms with E-state index in [2.05, 4.69) is 21.0 Å². The van der Waals surface area contributed by atoms with Gasteiger partial charge in [0, 0.05) is 25.0 Å². The Morgan fingerprint density at radius 3 is 2.75 bits per heavy atom. The second-order valence-corrected chi connectivity index (χ2v) is 5.67. The van der Waals surface area contributed by atoms with E-state index in [-0.39, 0.29) is 24.3 Å². The van der Waals surface area contributed by atoms with Crippen LogP contribution in [0.15, 0.2) is 18.2 Å². The van der Waals surface area contributed by atoms with E-state index in [1.807, 2.05) is 6.92 Å². The molecule has 0 aliphatic carbocycles. The number of hydrogen-bond acceptors (Lipinski definition) is 4. The van der Waals surface area contributed by atoms with E-state index in [1.54, 1.807) is 4.68 Å². The quantitative estimate of drug-likeness (QED) is 0.772. The maximum absolute atomic E-state index is 12.9. The number of halogens is 3. The topological polar surface area (TPSA) is 71.0 Å². The molecule has 6 nitrogen and oxygen atoms in total. The largest absolute Gasteiger partial charge is 0.416 e. The average Bonchev–Trinajstić information content (AvgIpc) is 2.85. The summed E-state index contributed by atoms with van der Waals surface area (Å²) < 4.78 is 40.4. The standard InChI is InChI=1S/C15H18F3N5O/c1-2-23-12-4-3-9(15(16,17)18)5-11(12)14(22-23)20-8-13(24)21-10-6-19-7-10/h3-5,10,19H,2,6-8H2,1H3,(H,20,22)(H,21,24). The molecular weight excluding hydrogens is 323 g/mol. The zero-order valence-electron chi connectivity index (χ0n) is 13.1. The highest BCUT2D eigenvalue weighted by Crippen LogP contribution is 2.33. The maximum atomic E-state index is 12.9. The number of benzene rings is 1. The lowest BCUT2D eigenvalue weighted by atomic mass is 10.1. The summed E-state index contributed by atoms with van der Waals surface area (Å²) >= 11 is 0. The average molecular weight is 341 g/mol. The number of carbonyl (C=O) groups is 1. The molecule has 0 spiro atoms. The van der Waals surface area contributed by atoms with Gasteiger partial charge in [-0.2, -0.15) is 18.3 Å². The molecule has 1 saturated heterocycles. The van der Waals surface area contributed by atoms with Crippen molar-refractivity contribution in [1.82, 2.24) is 20.4 Å². The number of nitrogens with one attached hydrogen (secondary N) is 3. The molecule has 24 heavy (non-hydrogen) atoms. The monoisotopic (exact) mass is 341 g/mol. The summed E-state index contributed by atoms with van der Waals surface area (Å²) in [5.74, 6) is 0.0625. The van der Waals surface area contributed by atoms with Crippen LogP contribution in [0, 0.1) is 0 Å². The van der Waals surface area contributed by atoms with Gasteiger partial charge in [0.25, 0.3) is 0 Å². The van der Waals surface area contributed by atoms with Crippen LogP contribution in [0.2, 0.25) is 0 Å². The number of amides is 1. The lowest BCUT2D eigenvalue weighted by Crippen LogP contribution is -2.57. The van der Waals surface area contributed by atoms with Gasteiger partial charge < -0.3 is 16.0 Å². The first-order valence-corrected chi connectivity index (χ1v) is 7.70. The van der Waals surface area contributed by atoms with Crippen molar-refractivity contribution in [1.29, 1.82) is 0 Å². The van der Waals surface area contributed by atoms with Gasteiger partial charge in [-0.1, -0.05) is 0 Å². The van der Waals surface area contributed by atoms with E-state index in [0.717, 1.165) is 25.2 Å². The van der Waals surface area contributed by atoms with E-state index in [4.69, 9.17) is 0 Å². The number of alkyl halides is 3. The fourth-order valence-corrected chi connectivity index (χ4v) is 2.56. The van der Waals surface area contributed by atoms with Crippen LogP contribution < -0.4 is 16.0 Å². The van der Waals surface area contributed by atoms with Crippen molar-refractivity contribution in [3.8, 4) is 0 Å². The number of nitrogens with zero attached hydrogens (tertiary/aromatic N) is 2. The van der Waals surface area contributed by atoms with Crippen LogP contribution in [0.3, 0.4) is 0 Å². The summed E-state index contributed by atoms with van der Waals surface area (Å²) in [6, 6.07) is 3.61. The van der Waals surface area contributed by atoms with Gasteiger partial charge in [0.2, 0.25) is 5.91 Å². The van der Waals surface area contributed by atoms with Gasteiger partial charge in [0.1, 0.15) is 0 Å². The third kappa shape index (κ3) is 3.30. The van der Waals surface area contributed by atoms with Crippen LogP contribution in [0.5, 0.6) is 0 Å². The molecule has 9 heteroatoms. The zero-order chi connectivity index (χ0) is 17.3. The molecule has 1 amide bonds. The first-order chi connectivity index (χ1) is 11.4. The molecule has 3 N–H and O–H groups in total. The molecule has 0 saturated carbocycles. The number of fused-ring (bicyclic) bond motifs is 1. The van der Waals surface area contributed by atoms with E-state index < -0.39 is 11.7 Å². The summed E-state index contributed by atoms with van der Waals surface area (Å²) in [6.45, 7) is 3.79. The van der Waals surface area contributed by atoms with Crippen molar-refractivity contribution >= 4 is 22.6 Å². The summed E-state index contributed by atoms with van der Waals surface area (Å²) in [7, 11) is 0. The molecule has 3 rings (SSSR count). The molecule has 1 aromatic carbocycles. The third-order valence-corrected chi connectivity index (χ3v) is 3.94. The highest BCUT2D eigenvalue weighted by atomic mass is 19.4. The Bertz CT molecular complexity index is 751. The van der Waals surface area contributed by atoms with E-state index in [0.29, 0.717) is 17.4 Å². The summed E-state index contributed by atoms with van der Waals surface area (Å²) in [5, 5.41) is 13.3. The van der Waals surface area contributed by atoms with E-state index in [1.165, 1.54) is 6.07 Å². The molecule has 2 heterocycles. The van der Waals surface area contributed by atoms with Crippen LogP contribution in [-0.4, -0.2) is 41.4 Å². The number of hydrogen-bond donors (Lipinski definition) is 3. The van der Waals surface area contributed by atoms with Crippen molar-refractivity contribution in [2.45, 2.75) is 25.7 Å². The van der Waals surface area contributed by atoms with Gasteiger partial charge in [0.15, 0.2) is 5.82 Å². The minimum absolute atomic E-state index is 0.0391. The number of rotatable bonds is 5. The maximum Gasteiger partial charge on any atom is 0.416 e. The Balaban J connectivity index is 1.81. The van der Waals surface area contributed by atoms with Crippen molar-refractivity contribution in [3.63, 3.8) is 0 Å². The van der Waals surface area contributed by atoms with Gasteiger partial charge >= 0.3 is 6.18 Å². The van der Waals surface area contributed by atoms with Crippen molar-refractivity contribution < 1.29 is 18.0 Å². The van der Waals surface area contributed by atoms with E-state index >= 15 is 0 Å².